The van der Waals surface area contributed by atoms with Crippen molar-refractivity contribution in [2.24, 2.45) is 5.41 Å². The number of nitrogens with zero attached hydrogens (tertiary/aromatic N) is 2. The molecule has 1 aliphatic rings. The normalized spacial score (nSPS) is 18.6. The van der Waals surface area contributed by atoms with Crippen LogP contribution in [0.1, 0.15) is 31.1 Å². The minimum atomic E-state index is -0.522. The maximum atomic E-state index is 12.6. The van der Waals surface area contributed by atoms with Crippen LogP contribution in [0.2, 0.25) is 0 Å². The number of rotatable bonds is 2. The third kappa shape index (κ3) is 3.17. The van der Waals surface area contributed by atoms with Crippen molar-refractivity contribution < 1.29 is 14.3 Å². The highest BCUT2D eigenvalue weighted by Crippen LogP contribution is 2.30. The molecule has 1 saturated heterocycles. The maximum Gasteiger partial charge on any atom is 0.327 e. The molecular formula is C16H22N2O3. The molecule has 1 amide bonds. The number of benzene rings is 1. The van der Waals surface area contributed by atoms with Gasteiger partial charge in [-0.1, -0.05) is 20.8 Å². The predicted octanol–water partition coefficient (Wildman–Crippen LogP) is 2.12. The quantitative estimate of drug-likeness (QED) is 0.783. The Morgan fingerprint density at radius 2 is 1.81 bits per heavy atom. The summed E-state index contributed by atoms with van der Waals surface area (Å²) in [5.74, 6) is -0.528. The number of carbonyl (C=O) groups excluding carboxylic acids is 2. The minimum Gasteiger partial charge on any atom is -0.440 e. The van der Waals surface area contributed by atoms with E-state index >= 15 is 0 Å². The summed E-state index contributed by atoms with van der Waals surface area (Å²) in [6, 6.07) is 7.33. The number of amides is 1. The molecule has 1 aromatic carbocycles. The summed E-state index contributed by atoms with van der Waals surface area (Å²) in [6.07, 6.45) is -0.522. The molecule has 0 aliphatic carbocycles. The Morgan fingerprint density at radius 1 is 1.24 bits per heavy atom. The van der Waals surface area contributed by atoms with Crippen LogP contribution in [0, 0.1) is 5.41 Å². The third-order valence-electron chi connectivity index (χ3n) is 3.46. The highest BCUT2D eigenvalue weighted by atomic mass is 16.6. The van der Waals surface area contributed by atoms with E-state index in [1.54, 1.807) is 12.1 Å². The van der Waals surface area contributed by atoms with E-state index in [9.17, 15) is 9.59 Å². The molecule has 21 heavy (non-hydrogen) atoms. The topological polar surface area (TPSA) is 49.9 Å². The second-order valence-electron chi connectivity index (χ2n) is 6.58. The number of cyclic esters (lactones) is 1. The van der Waals surface area contributed by atoms with E-state index < -0.39 is 6.23 Å². The van der Waals surface area contributed by atoms with Crippen molar-refractivity contribution in [3.05, 3.63) is 29.8 Å². The van der Waals surface area contributed by atoms with Gasteiger partial charge >= 0.3 is 5.97 Å². The number of anilines is 1. The van der Waals surface area contributed by atoms with Crippen LogP contribution in [0.4, 0.5) is 5.69 Å². The average molecular weight is 290 g/mol. The molecule has 114 valence electrons. The van der Waals surface area contributed by atoms with E-state index in [0.29, 0.717) is 5.56 Å². The molecule has 0 saturated carbocycles. The summed E-state index contributed by atoms with van der Waals surface area (Å²) in [5.41, 5.74) is 1.27. The Hall–Kier alpha value is -2.04. The van der Waals surface area contributed by atoms with Crippen LogP contribution in [0.3, 0.4) is 0 Å². The molecule has 1 heterocycles. The van der Waals surface area contributed by atoms with E-state index in [2.05, 4.69) is 0 Å². The fourth-order valence-corrected chi connectivity index (χ4v) is 2.34. The number of ether oxygens (including phenoxy) is 1. The fraction of sp³-hybridized carbons (Fsp3) is 0.500. The molecule has 1 unspecified atom stereocenters. The largest absolute Gasteiger partial charge is 0.440 e. The van der Waals surface area contributed by atoms with Crippen LogP contribution >= 0.6 is 0 Å². The van der Waals surface area contributed by atoms with Crippen LogP contribution in [0.15, 0.2) is 24.3 Å². The number of hydrogen-bond acceptors (Lipinski definition) is 4. The van der Waals surface area contributed by atoms with E-state index in [1.165, 1.54) is 4.90 Å². The molecule has 0 spiro atoms. The van der Waals surface area contributed by atoms with Crippen molar-refractivity contribution in [2.45, 2.75) is 27.0 Å². The average Bonchev–Trinajstić information content (AvgIpc) is 2.80. The van der Waals surface area contributed by atoms with E-state index in [0.717, 1.165) is 5.69 Å². The van der Waals surface area contributed by atoms with Crippen LogP contribution in [-0.4, -0.2) is 43.6 Å². The third-order valence-corrected chi connectivity index (χ3v) is 3.46. The zero-order valence-corrected chi connectivity index (χ0v) is 13.2. The van der Waals surface area contributed by atoms with Crippen molar-refractivity contribution in [1.29, 1.82) is 0 Å². The lowest BCUT2D eigenvalue weighted by molar-refractivity contribution is -0.146. The van der Waals surface area contributed by atoms with E-state index in [-0.39, 0.29) is 23.8 Å². The molecule has 1 aromatic rings. The van der Waals surface area contributed by atoms with Gasteiger partial charge in [-0.05, 0) is 24.3 Å². The monoisotopic (exact) mass is 290 g/mol. The first kappa shape index (κ1) is 15.4. The first-order valence-corrected chi connectivity index (χ1v) is 6.98. The van der Waals surface area contributed by atoms with Gasteiger partial charge in [0.2, 0.25) is 0 Å². The summed E-state index contributed by atoms with van der Waals surface area (Å²) in [7, 11) is 3.89. The van der Waals surface area contributed by atoms with E-state index in [1.807, 2.05) is 51.9 Å². The zero-order chi connectivity index (χ0) is 15.8. The standard InChI is InChI=1S/C16H22N2O3/c1-16(2,3)15-18(10-13(19)21-15)14(20)11-6-8-12(9-7-11)17(4)5/h6-9,15H,10H2,1-5H3. The molecule has 0 radical (unpaired) electrons. The van der Waals surface area contributed by atoms with Gasteiger partial charge in [-0.3, -0.25) is 14.5 Å². The Kier molecular flexibility index (Phi) is 3.94. The molecular weight excluding hydrogens is 268 g/mol. The van der Waals surface area contributed by atoms with Crippen molar-refractivity contribution in [2.75, 3.05) is 25.5 Å². The number of hydrogen-bond donors (Lipinski definition) is 0. The van der Waals surface area contributed by atoms with Gasteiger partial charge in [0, 0.05) is 30.8 Å². The number of carbonyl (C=O) groups is 2. The van der Waals surface area contributed by atoms with Gasteiger partial charge in [-0.2, -0.15) is 0 Å². The summed E-state index contributed by atoms with van der Waals surface area (Å²) in [5, 5.41) is 0. The fourth-order valence-electron chi connectivity index (χ4n) is 2.34. The second-order valence-corrected chi connectivity index (χ2v) is 6.58. The van der Waals surface area contributed by atoms with Gasteiger partial charge in [0.05, 0.1) is 0 Å². The summed E-state index contributed by atoms with van der Waals surface area (Å²) < 4.78 is 5.30. The summed E-state index contributed by atoms with van der Waals surface area (Å²) >= 11 is 0. The van der Waals surface area contributed by atoms with Crippen molar-refractivity contribution in [3.8, 4) is 0 Å². The van der Waals surface area contributed by atoms with Gasteiger partial charge in [0.25, 0.3) is 5.91 Å². The Labute approximate surface area is 125 Å². The van der Waals surface area contributed by atoms with Gasteiger partial charge in [0.1, 0.15) is 6.54 Å². The lowest BCUT2D eigenvalue weighted by Crippen LogP contribution is -2.43. The van der Waals surface area contributed by atoms with Crippen LogP contribution < -0.4 is 4.90 Å². The molecule has 0 aromatic heterocycles. The first-order valence-electron chi connectivity index (χ1n) is 6.98. The smallest absolute Gasteiger partial charge is 0.327 e. The maximum absolute atomic E-state index is 12.6. The zero-order valence-electron chi connectivity index (χ0n) is 13.2. The molecule has 1 aliphatic heterocycles. The SMILES string of the molecule is CN(C)c1ccc(C(=O)N2CC(=O)OC2C(C)(C)C)cc1. The predicted molar refractivity (Wildman–Crippen MR) is 81.1 cm³/mol. The van der Waals surface area contributed by atoms with Crippen molar-refractivity contribution in [3.63, 3.8) is 0 Å². The Bertz CT molecular complexity index is 544. The second kappa shape index (κ2) is 5.39. The highest BCUT2D eigenvalue weighted by molar-refractivity contribution is 5.97. The molecule has 1 fully saturated rings. The van der Waals surface area contributed by atoms with E-state index in [4.69, 9.17) is 4.74 Å². The highest BCUT2D eigenvalue weighted by Gasteiger charge is 2.43. The Balaban J connectivity index is 2.24. The van der Waals surface area contributed by atoms with Crippen LogP contribution in [-0.2, 0) is 9.53 Å². The van der Waals surface area contributed by atoms with Gasteiger partial charge in [0.15, 0.2) is 6.23 Å². The minimum absolute atomic E-state index is 0.0101. The van der Waals surface area contributed by atoms with Crippen LogP contribution in [0.25, 0.3) is 0 Å². The van der Waals surface area contributed by atoms with Gasteiger partial charge < -0.3 is 9.64 Å². The van der Waals surface area contributed by atoms with Crippen molar-refractivity contribution >= 4 is 17.6 Å². The molecule has 2 rings (SSSR count). The molecule has 1 atom stereocenters. The van der Waals surface area contributed by atoms with Gasteiger partial charge in [-0.15, -0.1) is 0 Å². The lowest BCUT2D eigenvalue weighted by Gasteiger charge is -2.32. The summed E-state index contributed by atoms with van der Waals surface area (Å²) in [6.45, 7) is 5.86. The Morgan fingerprint density at radius 3 is 2.29 bits per heavy atom. The van der Waals surface area contributed by atoms with Crippen molar-refractivity contribution in [1.82, 2.24) is 4.90 Å². The molecule has 5 heteroatoms. The lowest BCUT2D eigenvalue weighted by atomic mass is 9.93. The first-order chi connectivity index (χ1) is 9.70. The molecule has 0 N–H and O–H groups in total. The van der Waals surface area contributed by atoms with Crippen LogP contribution in [0.5, 0.6) is 0 Å². The molecule has 5 nitrogen and oxygen atoms in total. The summed E-state index contributed by atoms with van der Waals surface area (Å²) in [4.78, 5) is 27.7. The van der Waals surface area contributed by atoms with Gasteiger partial charge in [-0.25, -0.2) is 0 Å². The molecule has 0 bridgehead atoms. The number of esters is 1.